The lowest BCUT2D eigenvalue weighted by molar-refractivity contribution is 0.0953. The summed E-state index contributed by atoms with van der Waals surface area (Å²) in [6.45, 7) is 0.563. The number of nitrogens with one attached hydrogen (secondary N) is 1. The third-order valence-corrected chi connectivity index (χ3v) is 3.05. The third-order valence-electron chi connectivity index (χ3n) is 2.36. The molecule has 0 saturated carbocycles. The Kier molecular flexibility index (Phi) is 3.98. The number of hydrogen-bond acceptors (Lipinski definition) is 2. The highest BCUT2D eigenvalue weighted by Crippen LogP contribution is 2.15. The lowest BCUT2D eigenvalue weighted by Crippen LogP contribution is -2.25. The third kappa shape index (κ3) is 3.20. The summed E-state index contributed by atoms with van der Waals surface area (Å²) in [6.07, 6.45) is 2.33. The second kappa shape index (κ2) is 5.68. The van der Waals surface area contributed by atoms with Gasteiger partial charge in [-0.05, 0) is 40.2 Å². The summed E-state index contributed by atoms with van der Waals surface area (Å²) in [5.74, 6) is 0.793. The van der Waals surface area contributed by atoms with Gasteiger partial charge in [0, 0.05) is 17.4 Å². The molecule has 1 amide bonds. The molecule has 0 fully saturated rings. The molecule has 4 heteroatoms. The van der Waals surface area contributed by atoms with Crippen molar-refractivity contribution in [2.24, 2.45) is 0 Å². The van der Waals surface area contributed by atoms with E-state index in [0.29, 0.717) is 18.5 Å². The maximum absolute atomic E-state index is 11.8. The number of benzene rings is 1. The first-order chi connectivity index (χ1) is 8.27. The molecule has 0 aliphatic heterocycles. The van der Waals surface area contributed by atoms with Crippen LogP contribution in [0, 0.1) is 0 Å². The fraction of sp³-hybridized carbons (Fsp3) is 0.154. The Morgan fingerprint density at radius 2 is 2.06 bits per heavy atom. The van der Waals surface area contributed by atoms with Gasteiger partial charge in [-0.25, -0.2) is 0 Å². The highest BCUT2D eigenvalue weighted by Gasteiger charge is 2.08. The van der Waals surface area contributed by atoms with Gasteiger partial charge in [0.2, 0.25) is 0 Å². The Morgan fingerprint density at radius 3 is 2.76 bits per heavy atom. The quantitative estimate of drug-likeness (QED) is 0.942. The molecule has 0 aliphatic carbocycles. The van der Waals surface area contributed by atoms with Crippen molar-refractivity contribution in [2.45, 2.75) is 6.42 Å². The topological polar surface area (TPSA) is 42.2 Å². The van der Waals surface area contributed by atoms with Crippen molar-refractivity contribution < 1.29 is 9.21 Å². The average Bonchev–Trinajstić information content (AvgIpc) is 2.82. The molecule has 1 aromatic heterocycles. The van der Waals surface area contributed by atoms with Crippen LogP contribution in [0.1, 0.15) is 16.1 Å². The van der Waals surface area contributed by atoms with E-state index in [0.717, 1.165) is 10.2 Å². The zero-order chi connectivity index (χ0) is 12.1. The maximum Gasteiger partial charge on any atom is 0.252 e. The second-order valence-corrected chi connectivity index (χ2v) is 4.42. The van der Waals surface area contributed by atoms with E-state index in [9.17, 15) is 4.79 Å². The van der Waals surface area contributed by atoms with Crippen LogP contribution in [0.4, 0.5) is 0 Å². The number of carbonyl (C=O) groups is 1. The molecule has 2 rings (SSSR count). The largest absolute Gasteiger partial charge is 0.469 e. The van der Waals surface area contributed by atoms with E-state index < -0.39 is 0 Å². The van der Waals surface area contributed by atoms with Crippen molar-refractivity contribution in [1.29, 1.82) is 0 Å². The van der Waals surface area contributed by atoms with Crippen LogP contribution >= 0.6 is 15.9 Å². The molecular formula is C13H12BrNO2. The highest BCUT2D eigenvalue weighted by atomic mass is 79.9. The van der Waals surface area contributed by atoms with Gasteiger partial charge in [0.1, 0.15) is 5.76 Å². The van der Waals surface area contributed by atoms with Gasteiger partial charge in [0.05, 0.1) is 11.8 Å². The van der Waals surface area contributed by atoms with Crippen molar-refractivity contribution in [3.05, 3.63) is 58.5 Å². The van der Waals surface area contributed by atoms with Crippen molar-refractivity contribution >= 4 is 21.8 Å². The normalized spacial score (nSPS) is 10.2. The van der Waals surface area contributed by atoms with Gasteiger partial charge in [-0.2, -0.15) is 0 Å². The first-order valence-corrected chi connectivity index (χ1v) is 6.12. The van der Waals surface area contributed by atoms with E-state index in [-0.39, 0.29) is 5.91 Å². The van der Waals surface area contributed by atoms with Gasteiger partial charge in [0.15, 0.2) is 0 Å². The first-order valence-electron chi connectivity index (χ1n) is 5.32. The van der Waals surface area contributed by atoms with Crippen molar-refractivity contribution in [1.82, 2.24) is 5.32 Å². The minimum Gasteiger partial charge on any atom is -0.469 e. The Balaban J connectivity index is 1.88. The summed E-state index contributed by atoms with van der Waals surface area (Å²) in [5, 5.41) is 2.85. The van der Waals surface area contributed by atoms with Crippen LogP contribution in [0.25, 0.3) is 0 Å². The fourth-order valence-electron chi connectivity index (χ4n) is 1.49. The molecule has 17 heavy (non-hydrogen) atoms. The summed E-state index contributed by atoms with van der Waals surface area (Å²) in [5.41, 5.74) is 0.645. The molecule has 0 radical (unpaired) electrons. The van der Waals surface area contributed by atoms with Gasteiger partial charge in [-0.3, -0.25) is 4.79 Å². The summed E-state index contributed by atoms with van der Waals surface area (Å²) in [4.78, 5) is 11.8. The van der Waals surface area contributed by atoms with E-state index in [4.69, 9.17) is 4.42 Å². The summed E-state index contributed by atoms with van der Waals surface area (Å²) in [6, 6.07) is 11.1. The predicted octanol–water partition coefficient (Wildman–Crippen LogP) is 3.01. The maximum atomic E-state index is 11.8. The van der Waals surface area contributed by atoms with Gasteiger partial charge < -0.3 is 9.73 Å². The van der Waals surface area contributed by atoms with Crippen LogP contribution in [-0.2, 0) is 6.42 Å². The molecule has 1 aromatic carbocycles. The number of carbonyl (C=O) groups excluding carboxylic acids is 1. The minimum absolute atomic E-state index is 0.0796. The van der Waals surface area contributed by atoms with Crippen molar-refractivity contribution in [2.75, 3.05) is 6.54 Å². The van der Waals surface area contributed by atoms with Crippen molar-refractivity contribution in [3.63, 3.8) is 0 Å². The van der Waals surface area contributed by atoms with Gasteiger partial charge in [-0.15, -0.1) is 0 Å². The van der Waals surface area contributed by atoms with E-state index >= 15 is 0 Å². The smallest absolute Gasteiger partial charge is 0.252 e. The SMILES string of the molecule is O=C(NCCc1ccco1)c1ccccc1Br. The molecular weight excluding hydrogens is 282 g/mol. The molecule has 88 valence electrons. The zero-order valence-electron chi connectivity index (χ0n) is 9.15. The molecule has 0 saturated heterocycles. The first kappa shape index (κ1) is 11.9. The number of hydrogen-bond donors (Lipinski definition) is 1. The number of halogens is 1. The Hall–Kier alpha value is -1.55. The molecule has 0 unspecified atom stereocenters. The molecule has 1 heterocycles. The van der Waals surface area contributed by atoms with Crippen LogP contribution < -0.4 is 5.32 Å². The van der Waals surface area contributed by atoms with Gasteiger partial charge in [-0.1, -0.05) is 12.1 Å². The number of furan rings is 1. The Labute approximate surface area is 108 Å². The number of rotatable bonds is 4. The number of amides is 1. The van der Waals surface area contributed by atoms with E-state index in [1.165, 1.54) is 0 Å². The van der Waals surface area contributed by atoms with Gasteiger partial charge in [0.25, 0.3) is 5.91 Å². The van der Waals surface area contributed by atoms with Crippen LogP contribution in [0.15, 0.2) is 51.6 Å². The van der Waals surface area contributed by atoms with Gasteiger partial charge >= 0.3 is 0 Å². The average molecular weight is 294 g/mol. The minimum atomic E-state index is -0.0796. The Bertz CT molecular complexity index is 494. The predicted molar refractivity (Wildman–Crippen MR) is 68.9 cm³/mol. The summed E-state index contributed by atoms with van der Waals surface area (Å²) < 4.78 is 5.99. The fourth-order valence-corrected chi connectivity index (χ4v) is 1.96. The Morgan fingerprint density at radius 1 is 1.24 bits per heavy atom. The van der Waals surface area contributed by atoms with Crippen molar-refractivity contribution in [3.8, 4) is 0 Å². The molecule has 0 spiro atoms. The molecule has 0 bridgehead atoms. The van der Waals surface area contributed by atoms with Crippen LogP contribution in [0.2, 0.25) is 0 Å². The van der Waals surface area contributed by atoms with Crippen LogP contribution in [-0.4, -0.2) is 12.5 Å². The highest BCUT2D eigenvalue weighted by molar-refractivity contribution is 9.10. The van der Waals surface area contributed by atoms with E-state index in [1.54, 1.807) is 12.3 Å². The molecule has 3 nitrogen and oxygen atoms in total. The lowest BCUT2D eigenvalue weighted by atomic mass is 10.2. The summed E-state index contributed by atoms with van der Waals surface area (Å²) >= 11 is 3.35. The molecule has 0 aliphatic rings. The monoisotopic (exact) mass is 293 g/mol. The second-order valence-electron chi connectivity index (χ2n) is 3.57. The molecule has 1 N–H and O–H groups in total. The zero-order valence-corrected chi connectivity index (χ0v) is 10.7. The summed E-state index contributed by atoms with van der Waals surface area (Å²) in [7, 11) is 0. The van der Waals surface area contributed by atoms with E-state index in [2.05, 4.69) is 21.2 Å². The van der Waals surface area contributed by atoms with Crippen LogP contribution in [0.3, 0.4) is 0 Å². The molecule has 0 atom stereocenters. The van der Waals surface area contributed by atoms with Crippen LogP contribution in [0.5, 0.6) is 0 Å². The standard InChI is InChI=1S/C13H12BrNO2/c14-12-6-2-1-5-11(12)13(16)15-8-7-10-4-3-9-17-10/h1-6,9H,7-8H2,(H,15,16). The van der Waals surface area contributed by atoms with E-state index in [1.807, 2.05) is 30.3 Å². The lowest BCUT2D eigenvalue weighted by Gasteiger charge is -2.05. The molecule has 2 aromatic rings.